The highest BCUT2D eigenvalue weighted by atomic mass is 35.5. The zero-order valence-corrected chi connectivity index (χ0v) is 14.7. The molecule has 0 unspecified atom stereocenters. The van der Waals surface area contributed by atoms with Crippen LogP contribution < -0.4 is 5.32 Å². The third-order valence-corrected chi connectivity index (χ3v) is 4.42. The molecule has 1 aromatic heterocycles. The number of hydrogen-bond donors (Lipinski definition) is 1. The molecular weight excluding hydrogens is 371 g/mol. The van der Waals surface area contributed by atoms with Gasteiger partial charge in [0.2, 0.25) is 0 Å². The Bertz CT molecular complexity index is 905. The minimum Gasteiger partial charge on any atom is -0.356 e. The van der Waals surface area contributed by atoms with E-state index in [1.807, 2.05) is 12.1 Å². The molecule has 0 atom stereocenters. The lowest BCUT2D eigenvalue weighted by Gasteiger charge is -2.08. The molecule has 1 amide bonds. The average Bonchev–Trinajstić information content (AvgIpc) is 3.05. The Balaban J connectivity index is 2.04. The smallest absolute Gasteiger partial charge is 0.254 e. The van der Waals surface area contributed by atoms with Gasteiger partial charge in [-0.3, -0.25) is 4.79 Å². The Morgan fingerprint density at radius 2 is 1.79 bits per heavy atom. The number of carbonyl (C=O) groups excluding carboxylic acids is 1. The molecule has 4 nitrogen and oxygen atoms in total. The highest BCUT2D eigenvalue weighted by Gasteiger charge is 2.20. The van der Waals surface area contributed by atoms with Crippen LogP contribution in [0.15, 0.2) is 47.0 Å². The van der Waals surface area contributed by atoms with E-state index >= 15 is 0 Å². The first-order valence-electron chi connectivity index (χ1n) is 6.94. The normalized spacial score (nSPS) is 10.7. The van der Waals surface area contributed by atoms with Crippen molar-refractivity contribution in [3.05, 3.63) is 63.1 Å². The number of amides is 1. The van der Waals surface area contributed by atoms with Crippen LogP contribution in [-0.4, -0.2) is 18.1 Å². The first-order valence-corrected chi connectivity index (χ1v) is 8.07. The minimum absolute atomic E-state index is 0.203. The molecule has 3 rings (SSSR count). The van der Waals surface area contributed by atoms with Gasteiger partial charge >= 0.3 is 0 Å². The first kappa shape index (κ1) is 16.8. The highest BCUT2D eigenvalue weighted by Crippen LogP contribution is 2.36. The molecule has 1 N–H and O–H groups in total. The second-order valence-electron chi connectivity index (χ2n) is 4.95. The van der Waals surface area contributed by atoms with Crippen molar-refractivity contribution in [2.75, 3.05) is 7.05 Å². The van der Waals surface area contributed by atoms with Gasteiger partial charge in [-0.2, -0.15) is 0 Å². The molecular formula is C17H11Cl3N2O2. The lowest BCUT2D eigenvalue weighted by atomic mass is 10.1. The molecule has 0 fully saturated rings. The molecule has 0 saturated heterocycles. The number of nitrogens with one attached hydrogen (secondary N) is 1. The Morgan fingerprint density at radius 3 is 2.46 bits per heavy atom. The molecule has 2 aromatic carbocycles. The third-order valence-electron chi connectivity index (χ3n) is 3.46. The van der Waals surface area contributed by atoms with Crippen LogP contribution in [0.5, 0.6) is 0 Å². The van der Waals surface area contributed by atoms with Crippen LogP contribution in [0.2, 0.25) is 15.1 Å². The maximum absolute atomic E-state index is 12.0. The summed E-state index contributed by atoms with van der Waals surface area (Å²) in [6.45, 7) is 0. The number of hydrogen-bond acceptors (Lipinski definition) is 3. The monoisotopic (exact) mass is 380 g/mol. The molecule has 3 aromatic rings. The summed E-state index contributed by atoms with van der Waals surface area (Å²) < 4.78 is 5.37. The second-order valence-corrected chi connectivity index (χ2v) is 6.17. The van der Waals surface area contributed by atoms with Gasteiger partial charge in [0.05, 0.1) is 15.6 Å². The summed E-state index contributed by atoms with van der Waals surface area (Å²) in [5, 5.41) is 7.67. The Labute approximate surface area is 153 Å². The van der Waals surface area contributed by atoms with Crippen molar-refractivity contribution in [1.82, 2.24) is 10.5 Å². The zero-order valence-electron chi connectivity index (χ0n) is 12.4. The summed E-state index contributed by atoms with van der Waals surface area (Å²) in [6.07, 6.45) is 0. The molecule has 0 aliphatic rings. The Morgan fingerprint density at radius 1 is 1.08 bits per heavy atom. The maximum atomic E-state index is 12.0. The van der Waals surface area contributed by atoms with Gasteiger partial charge in [0.25, 0.3) is 5.91 Å². The summed E-state index contributed by atoms with van der Waals surface area (Å²) in [7, 11) is 1.51. The SMILES string of the molecule is CNC(=O)c1c(Cl)ccc(-c2cc(-c3ccc(Cl)cc3)on2)c1Cl. The molecule has 0 aliphatic heterocycles. The minimum atomic E-state index is -0.367. The molecule has 0 aliphatic carbocycles. The summed E-state index contributed by atoms with van der Waals surface area (Å²) in [4.78, 5) is 12.0. The Kier molecular flexibility index (Phi) is 4.81. The topological polar surface area (TPSA) is 55.1 Å². The van der Waals surface area contributed by atoms with Crippen LogP contribution in [0.4, 0.5) is 0 Å². The molecule has 1 heterocycles. The summed E-state index contributed by atoms with van der Waals surface area (Å²) >= 11 is 18.3. The standard InChI is InChI=1S/C17H11Cl3N2O2/c1-21-17(23)15-12(19)7-6-11(16(15)20)13-8-14(24-22-13)9-2-4-10(18)5-3-9/h2-8H,1H3,(H,21,23). The maximum Gasteiger partial charge on any atom is 0.254 e. The summed E-state index contributed by atoms with van der Waals surface area (Å²) in [6, 6.07) is 12.2. The van der Waals surface area contributed by atoms with Gasteiger partial charge in [-0.05, 0) is 36.4 Å². The van der Waals surface area contributed by atoms with Crippen molar-refractivity contribution in [2.24, 2.45) is 0 Å². The molecule has 24 heavy (non-hydrogen) atoms. The van der Waals surface area contributed by atoms with Crippen LogP contribution in [0.1, 0.15) is 10.4 Å². The van der Waals surface area contributed by atoms with Crippen LogP contribution in [0, 0.1) is 0 Å². The fourth-order valence-electron chi connectivity index (χ4n) is 2.24. The predicted octanol–water partition coefficient (Wildman–Crippen LogP) is 5.33. The van der Waals surface area contributed by atoms with Crippen molar-refractivity contribution in [1.29, 1.82) is 0 Å². The van der Waals surface area contributed by atoms with Gasteiger partial charge in [-0.25, -0.2) is 0 Å². The number of rotatable bonds is 3. The number of benzene rings is 2. The van der Waals surface area contributed by atoms with Gasteiger partial charge in [0.1, 0.15) is 5.69 Å². The molecule has 0 radical (unpaired) electrons. The number of nitrogens with zero attached hydrogens (tertiary/aromatic N) is 1. The van der Waals surface area contributed by atoms with Gasteiger partial charge in [-0.1, -0.05) is 40.0 Å². The molecule has 0 bridgehead atoms. The van der Waals surface area contributed by atoms with Gasteiger partial charge in [0.15, 0.2) is 5.76 Å². The lowest BCUT2D eigenvalue weighted by Crippen LogP contribution is -2.19. The molecule has 0 spiro atoms. The van der Waals surface area contributed by atoms with E-state index in [1.54, 1.807) is 30.3 Å². The number of halogens is 3. The van der Waals surface area contributed by atoms with Crippen LogP contribution in [-0.2, 0) is 0 Å². The third kappa shape index (κ3) is 3.13. The summed E-state index contributed by atoms with van der Waals surface area (Å²) in [5.41, 5.74) is 2.10. The van der Waals surface area contributed by atoms with E-state index < -0.39 is 0 Å². The van der Waals surface area contributed by atoms with Crippen molar-refractivity contribution in [3.8, 4) is 22.6 Å². The molecule has 122 valence electrons. The van der Waals surface area contributed by atoms with E-state index in [1.165, 1.54) is 7.05 Å². The van der Waals surface area contributed by atoms with E-state index in [0.717, 1.165) is 5.56 Å². The van der Waals surface area contributed by atoms with Crippen LogP contribution >= 0.6 is 34.8 Å². The molecule has 7 heteroatoms. The van der Waals surface area contributed by atoms with Crippen molar-refractivity contribution < 1.29 is 9.32 Å². The van der Waals surface area contributed by atoms with E-state index in [9.17, 15) is 4.79 Å². The van der Waals surface area contributed by atoms with E-state index in [4.69, 9.17) is 39.3 Å². The van der Waals surface area contributed by atoms with E-state index in [2.05, 4.69) is 10.5 Å². The van der Waals surface area contributed by atoms with Gasteiger partial charge < -0.3 is 9.84 Å². The van der Waals surface area contributed by atoms with Crippen LogP contribution in [0.25, 0.3) is 22.6 Å². The summed E-state index contributed by atoms with van der Waals surface area (Å²) in [5.74, 6) is 0.197. The number of aromatic nitrogens is 1. The lowest BCUT2D eigenvalue weighted by molar-refractivity contribution is 0.0963. The van der Waals surface area contributed by atoms with Crippen LogP contribution in [0.3, 0.4) is 0 Å². The fraction of sp³-hybridized carbons (Fsp3) is 0.0588. The van der Waals surface area contributed by atoms with E-state index in [-0.39, 0.29) is 21.5 Å². The van der Waals surface area contributed by atoms with Gasteiger partial charge in [0, 0.05) is 29.3 Å². The Hall–Kier alpha value is -2.01. The van der Waals surface area contributed by atoms with Crippen molar-refractivity contribution in [2.45, 2.75) is 0 Å². The van der Waals surface area contributed by atoms with Crippen molar-refractivity contribution >= 4 is 40.7 Å². The largest absolute Gasteiger partial charge is 0.356 e. The van der Waals surface area contributed by atoms with Crippen molar-refractivity contribution in [3.63, 3.8) is 0 Å². The predicted molar refractivity (Wildman–Crippen MR) is 95.8 cm³/mol. The van der Waals surface area contributed by atoms with E-state index in [0.29, 0.717) is 22.0 Å². The highest BCUT2D eigenvalue weighted by molar-refractivity contribution is 6.41. The molecule has 0 saturated carbocycles. The quantitative estimate of drug-likeness (QED) is 0.667. The number of carbonyl (C=O) groups is 1. The fourth-order valence-corrected chi connectivity index (χ4v) is 3.00. The first-order chi connectivity index (χ1) is 11.5. The van der Waals surface area contributed by atoms with Gasteiger partial charge in [-0.15, -0.1) is 0 Å². The second kappa shape index (κ2) is 6.85. The average molecular weight is 382 g/mol. The zero-order chi connectivity index (χ0) is 17.3.